The molecule has 1 saturated heterocycles. The van der Waals surface area contributed by atoms with Crippen molar-refractivity contribution in [2.45, 2.75) is 25.6 Å². The molecule has 5 rings (SSSR count). The van der Waals surface area contributed by atoms with Crippen molar-refractivity contribution in [1.82, 2.24) is 19.5 Å². The number of nitrogens with one attached hydrogen (secondary N) is 1. The van der Waals surface area contributed by atoms with Crippen LogP contribution in [0.2, 0.25) is 0 Å². The first-order valence-electron chi connectivity index (χ1n) is 10.3. The molecule has 0 atom stereocenters. The second-order valence-corrected chi connectivity index (χ2v) is 8.35. The molecule has 34 heavy (non-hydrogen) atoms. The molecule has 0 radical (unpaired) electrons. The average Bonchev–Trinajstić information content (AvgIpc) is 3.39. The van der Waals surface area contributed by atoms with Crippen LogP contribution in [0.25, 0.3) is 17.0 Å². The highest BCUT2D eigenvalue weighted by Gasteiger charge is 2.62. The van der Waals surface area contributed by atoms with Crippen molar-refractivity contribution in [3.63, 3.8) is 0 Å². The van der Waals surface area contributed by atoms with Gasteiger partial charge in [-0.3, -0.25) is 9.20 Å². The number of imidazole rings is 1. The Labute approximate surface area is 190 Å². The number of β-amino-alcohol motifs (C(OH)–C–C–N with tert-alkyl or cyclic N) is 1. The Morgan fingerprint density at radius 3 is 2.71 bits per heavy atom. The first kappa shape index (κ1) is 21.9. The summed E-state index contributed by atoms with van der Waals surface area (Å²) in [4.78, 5) is 22.5. The van der Waals surface area contributed by atoms with E-state index in [9.17, 15) is 23.1 Å². The quantitative estimate of drug-likeness (QED) is 0.469. The Bertz CT molecular complexity index is 1400. The first-order chi connectivity index (χ1) is 16.0. The van der Waals surface area contributed by atoms with Gasteiger partial charge in [-0.2, -0.15) is 18.2 Å². The molecular formula is C22H19F3N6O3. The van der Waals surface area contributed by atoms with Crippen molar-refractivity contribution in [3.8, 4) is 11.4 Å². The maximum atomic E-state index is 12.9. The van der Waals surface area contributed by atoms with E-state index < -0.39 is 24.9 Å². The van der Waals surface area contributed by atoms with Crippen LogP contribution >= 0.6 is 0 Å². The summed E-state index contributed by atoms with van der Waals surface area (Å²) in [5, 5.41) is 16.3. The first-order valence-corrected chi connectivity index (χ1v) is 10.3. The minimum absolute atomic E-state index is 0.129. The zero-order valence-corrected chi connectivity index (χ0v) is 18.1. The predicted molar refractivity (Wildman–Crippen MR) is 116 cm³/mol. The van der Waals surface area contributed by atoms with Gasteiger partial charge in [-0.25, -0.2) is 4.98 Å². The number of aliphatic hydroxyl groups is 1. The van der Waals surface area contributed by atoms with E-state index in [1.54, 1.807) is 22.6 Å². The van der Waals surface area contributed by atoms with Gasteiger partial charge in [0.05, 0.1) is 19.3 Å². The largest absolute Gasteiger partial charge is 0.420 e. The number of aromatic nitrogens is 4. The minimum atomic E-state index is -4.74. The lowest BCUT2D eigenvalue weighted by Crippen LogP contribution is -2.69. The second-order valence-electron chi connectivity index (χ2n) is 8.35. The number of hydrogen-bond donors (Lipinski definition) is 2. The number of halogens is 3. The highest BCUT2D eigenvalue weighted by molar-refractivity contribution is 6.04. The maximum Gasteiger partial charge on any atom is 0.420 e. The number of amides is 1. The van der Waals surface area contributed by atoms with E-state index in [4.69, 9.17) is 4.52 Å². The summed E-state index contributed by atoms with van der Waals surface area (Å²) in [5.74, 6) is -0.224. The van der Waals surface area contributed by atoms with E-state index in [0.29, 0.717) is 22.6 Å². The minimum Gasteiger partial charge on any atom is -0.378 e. The lowest BCUT2D eigenvalue weighted by molar-refractivity contribution is -0.268. The van der Waals surface area contributed by atoms with Crippen LogP contribution < -0.4 is 10.2 Å². The van der Waals surface area contributed by atoms with Crippen LogP contribution in [0.5, 0.6) is 0 Å². The lowest BCUT2D eigenvalue weighted by atomic mass is 9.94. The van der Waals surface area contributed by atoms with Crippen molar-refractivity contribution in [2.24, 2.45) is 0 Å². The maximum absolute atomic E-state index is 12.9. The van der Waals surface area contributed by atoms with E-state index in [1.807, 2.05) is 32.2 Å². The molecule has 1 aliphatic heterocycles. The number of hydrogen-bond acceptors (Lipinski definition) is 7. The molecule has 0 saturated carbocycles. The Morgan fingerprint density at radius 1 is 1.21 bits per heavy atom. The molecule has 1 aliphatic rings. The van der Waals surface area contributed by atoms with Gasteiger partial charge in [0.2, 0.25) is 5.82 Å². The molecule has 1 aromatic carbocycles. The van der Waals surface area contributed by atoms with Crippen molar-refractivity contribution in [3.05, 3.63) is 59.5 Å². The Hall–Kier alpha value is -3.93. The van der Waals surface area contributed by atoms with Gasteiger partial charge in [-0.05, 0) is 37.1 Å². The summed E-state index contributed by atoms with van der Waals surface area (Å²) in [6, 6.07) is 8.71. The fraction of sp³-hybridized carbons (Fsp3) is 0.273. The Kier molecular flexibility index (Phi) is 4.86. The van der Waals surface area contributed by atoms with Crippen molar-refractivity contribution >= 4 is 23.3 Å². The molecule has 0 spiro atoms. The van der Waals surface area contributed by atoms with E-state index in [-0.39, 0.29) is 17.7 Å². The van der Waals surface area contributed by atoms with Crippen LogP contribution in [0, 0.1) is 13.8 Å². The van der Waals surface area contributed by atoms with Gasteiger partial charge in [0, 0.05) is 17.4 Å². The zero-order chi connectivity index (χ0) is 24.3. The predicted octanol–water partition coefficient (Wildman–Crippen LogP) is 3.37. The van der Waals surface area contributed by atoms with Gasteiger partial charge < -0.3 is 19.8 Å². The van der Waals surface area contributed by atoms with Gasteiger partial charge in [0.15, 0.2) is 5.60 Å². The third-order valence-electron chi connectivity index (χ3n) is 5.75. The summed E-state index contributed by atoms with van der Waals surface area (Å²) in [6.45, 7) is 2.35. The monoisotopic (exact) mass is 472 g/mol. The van der Waals surface area contributed by atoms with Crippen LogP contribution in [0.3, 0.4) is 0 Å². The van der Waals surface area contributed by atoms with Crippen molar-refractivity contribution in [1.29, 1.82) is 0 Å². The molecule has 0 aliphatic carbocycles. The lowest BCUT2D eigenvalue weighted by Gasteiger charge is -2.45. The standard InChI is InChI=1S/C22H19F3N6O3/c1-12-3-6-17-26-8-16(31(17)9-12)19(32)27-15-7-14(5-4-13(15)2)18-28-20(34-29-18)30-10-21(33,11-30)22(23,24)25/h3-9,33H,10-11H2,1-2H3,(H,27,32). The molecular weight excluding hydrogens is 453 g/mol. The molecule has 0 unspecified atom stereocenters. The SMILES string of the molecule is Cc1ccc2ncc(C(=O)Nc3cc(-c4noc(N5CC(O)(C(F)(F)F)C5)n4)ccc3C)n2c1. The molecule has 1 amide bonds. The average molecular weight is 472 g/mol. The van der Waals surface area contributed by atoms with Gasteiger partial charge >= 0.3 is 12.2 Å². The number of benzene rings is 1. The van der Waals surface area contributed by atoms with Crippen LogP contribution in [-0.4, -0.2) is 55.4 Å². The van der Waals surface area contributed by atoms with Crippen molar-refractivity contribution in [2.75, 3.05) is 23.3 Å². The topological polar surface area (TPSA) is 109 Å². The summed E-state index contributed by atoms with van der Waals surface area (Å²) in [6.07, 6.45) is -1.43. The normalized spacial score (nSPS) is 15.4. The molecule has 176 valence electrons. The number of aryl methyl sites for hydroxylation is 2. The van der Waals surface area contributed by atoms with Gasteiger partial charge in [-0.1, -0.05) is 23.4 Å². The number of alkyl halides is 3. The van der Waals surface area contributed by atoms with E-state index >= 15 is 0 Å². The molecule has 1 fully saturated rings. The highest BCUT2D eigenvalue weighted by Crippen LogP contribution is 2.39. The van der Waals surface area contributed by atoms with E-state index in [0.717, 1.165) is 16.0 Å². The van der Waals surface area contributed by atoms with Gasteiger partial charge in [-0.15, -0.1) is 0 Å². The number of fused-ring (bicyclic) bond motifs is 1. The Morgan fingerprint density at radius 2 is 1.97 bits per heavy atom. The van der Waals surface area contributed by atoms with Crippen molar-refractivity contribution < 1.29 is 27.6 Å². The number of nitrogens with zero attached hydrogens (tertiary/aromatic N) is 5. The van der Waals surface area contributed by atoms with E-state index in [2.05, 4.69) is 20.4 Å². The summed E-state index contributed by atoms with van der Waals surface area (Å²) in [5.41, 5.74) is 0.970. The smallest absolute Gasteiger partial charge is 0.378 e. The summed E-state index contributed by atoms with van der Waals surface area (Å²) in [7, 11) is 0. The van der Waals surface area contributed by atoms with Gasteiger partial charge in [0.25, 0.3) is 5.91 Å². The van der Waals surface area contributed by atoms with Crippen LogP contribution in [0.4, 0.5) is 24.9 Å². The summed E-state index contributed by atoms with van der Waals surface area (Å²) < 4.78 is 45.4. The van der Waals surface area contributed by atoms with Crippen LogP contribution in [0.15, 0.2) is 47.2 Å². The fourth-order valence-corrected chi connectivity index (χ4v) is 3.70. The fourth-order valence-electron chi connectivity index (χ4n) is 3.70. The molecule has 12 heteroatoms. The summed E-state index contributed by atoms with van der Waals surface area (Å²) >= 11 is 0. The van der Waals surface area contributed by atoms with Crippen LogP contribution in [-0.2, 0) is 0 Å². The Balaban J connectivity index is 1.36. The number of pyridine rings is 1. The molecule has 4 aromatic rings. The number of carbonyl (C=O) groups is 1. The molecule has 4 heterocycles. The van der Waals surface area contributed by atoms with Gasteiger partial charge in [0.1, 0.15) is 11.3 Å². The molecule has 0 bridgehead atoms. The third-order valence-corrected chi connectivity index (χ3v) is 5.75. The number of rotatable bonds is 4. The number of carbonyl (C=O) groups excluding carboxylic acids is 1. The highest BCUT2D eigenvalue weighted by atomic mass is 19.4. The third kappa shape index (κ3) is 3.65. The van der Waals surface area contributed by atoms with Crippen LogP contribution in [0.1, 0.15) is 21.6 Å². The van der Waals surface area contributed by atoms with E-state index in [1.165, 1.54) is 6.20 Å². The zero-order valence-electron chi connectivity index (χ0n) is 18.1. The second kappa shape index (κ2) is 7.55. The number of anilines is 2. The molecule has 2 N–H and O–H groups in total. The molecule has 3 aromatic heterocycles. The molecule has 9 nitrogen and oxygen atoms in total.